The van der Waals surface area contributed by atoms with Crippen LogP contribution in [0.3, 0.4) is 0 Å². The minimum atomic E-state index is -0.470. The fourth-order valence-corrected chi connectivity index (χ4v) is 5.39. The summed E-state index contributed by atoms with van der Waals surface area (Å²) in [7, 11) is 1.34. The van der Waals surface area contributed by atoms with E-state index < -0.39 is 5.97 Å². The summed E-state index contributed by atoms with van der Waals surface area (Å²) in [5, 5.41) is 7.61. The molecule has 1 aromatic heterocycles. The largest absolute Gasteiger partial charge is 0.465 e. The van der Waals surface area contributed by atoms with Gasteiger partial charge in [0, 0.05) is 19.1 Å². The number of hydrogen-bond donors (Lipinski definition) is 2. The van der Waals surface area contributed by atoms with Crippen molar-refractivity contribution in [3.05, 3.63) is 16.0 Å². The molecule has 1 fully saturated rings. The standard InChI is InChI=1S/C21H33N3O3S2/c1-7-24(8-2)19(25)17-14(5)16(20(26)27-6)18(29-17)23-21(28)22-15-11-9-10-12(3)13(15)4/h12-13,15H,7-11H2,1-6H3,(H2,22,23,28)/t12-,13+,15+/m0/s1. The van der Waals surface area contributed by atoms with Gasteiger partial charge in [-0.2, -0.15) is 0 Å². The highest BCUT2D eigenvalue weighted by Crippen LogP contribution is 2.35. The molecule has 1 saturated carbocycles. The normalized spacial score (nSPS) is 21.4. The Bertz CT molecular complexity index is 759. The first-order valence-corrected chi connectivity index (χ1v) is 11.6. The average molecular weight is 440 g/mol. The number of hydrogen-bond acceptors (Lipinski definition) is 5. The molecule has 3 atom stereocenters. The molecule has 0 aromatic carbocycles. The van der Waals surface area contributed by atoms with E-state index in [1.54, 1.807) is 11.8 Å². The van der Waals surface area contributed by atoms with Crippen molar-refractivity contribution in [2.45, 2.75) is 59.9 Å². The van der Waals surface area contributed by atoms with Crippen molar-refractivity contribution < 1.29 is 14.3 Å². The molecule has 1 aromatic rings. The summed E-state index contributed by atoms with van der Waals surface area (Å²) in [6.45, 7) is 11.4. The quantitative estimate of drug-likeness (QED) is 0.505. The van der Waals surface area contributed by atoms with Crippen LogP contribution < -0.4 is 10.6 Å². The second-order valence-corrected chi connectivity index (χ2v) is 9.13. The first-order valence-electron chi connectivity index (χ1n) is 10.3. The molecule has 0 bridgehead atoms. The van der Waals surface area contributed by atoms with Crippen LogP contribution in [0.5, 0.6) is 0 Å². The predicted molar refractivity (Wildman–Crippen MR) is 123 cm³/mol. The molecule has 2 N–H and O–H groups in total. The maximum Gasteiger partial charge on any atom is 0.341 e. The first-order chi connectivity index (χ1) is 13.7. The molecule has 162 valence electrons. The fourth-order valence-electron chi connectivity index (χ4n) is 3.90. The monoisotopic (exact) mass is 439 g/mol. The van der Waals surface area contributed by atoms with Crippen LogP contribution >= 0.6 is 23.6 Å². The van der Waals surface area contributed by atoms with Crippen LogP contribution in [0.4, 0.5) is 5.00 Å². The molecular weight excluding hydrogens is 406 g/mol. The lowest BCUT2D eigenvalue weighted by Gasteiger charge is -2.35. The number of thiocarbonyl (C=S) groups is 1. The SMILES string of the molecule is CCN(CC)C(=O)c1sc(NC(=S)N[C@@H]2CCC[C@H](C)[C@H]2C)c(C(=O)OC)c1C. The van der Waals surface area contributed by atoms with E-state index in [0.717, 1.165) is 6.42 Å². The van der Waals surface area contributed by atoms with Gasteiger partial charge in [-0.3, -0.25) is 4.79 Å². The van der Waals surface area contributed by atoms with Crippen LogP contribution in [0.25, 0.3) is 0 Å². The van der Waals surface area contributed by atoms with Gasteiger partial charge < -0.3 is 20.3 Å². The molecule has 0 aliphatic heterocycles. The number of carbonyl (C=O) groups excluding carboxylic acids is 2. The lowest BCUT2D eigenvalue weighted by molar-refractivity contribution is 0.0601. The number of anilines is 1. The smallest absolute Gasteiger partial charge is 0.341 e. The van der Waals surface area contributed by atoms with Gasteiger partial charge in [0.1, 0.15) is 5.00 Å². The fraction of sp³-hybridized carbons (Fsp3) is 0.667. The van der Waals surface area contributed by atoms with E-state index in [1.165, 1.54) is 31.3 Å². The van der Waals surface area contributed by atoms with Crippen molar-refractivity contribution in [1.82, 2.24) is 10.2 Å². The van der Waals surface area contributed by atoms with Crippen LogP contribution in [0.1, 0.15) is 72.6 Å². The number of thiophene rings is 1. The number of nitrogens with zero attached hydrogens (tertiary/aromatic N) is 1. The maximum absolute atomic E-state index is 12.9. The minimum Gasteiger partial charge on any atom is -0.465 e. The molecular formula is C21H33N3O3S2. The highest BCUT2D eigenvalue weighted by Gasteiger charge is 2.30. The maximum atomic E-state index is 12.9. The minimum absolute atomic E-state index is 0.0793. The zero-order chi connectivity index (χ0) is 21.7. The van der Waals surface area contributed by atoms with E-state index >= 15 is 0 Å². The topological polar surface area (TPSA) is 70.7 Å². The van der Waals surface area contributed by atoms with Gasteiger partial charge in [0.25, 0.3) is 5.91 Å². The Balaban J connectivity index is 2.26. The molecule has 0 saturated heterocycles. The van der Waals surface area contributed by atoms with Crippen molar-refractivity contribution in [3.63, 3.8) is 0 Å². The van der Waals surface area contributed by atoms with E-state index in [4.69, 9.17) is 17.0 Å². The molecule has 6 nitrogen and oxygen atoms in total. The van der Waals surface area contributed by atoms with Crippen LogP contribution in [-0.2, 0) is 4.74 Å². The number of nitrogens with one attached hydrogen (secondary N) is 2. The van der Waals surface area contributed by atoms with E-state index in [1.807, 2.05) is 13.8 Å². The highest BCUT2D eigenvalue weighted by molar-refractivity contribution is 7.80. The van der Waals surface area contributed by atoms with Crippen LogP contribution in [0, 0.1) is 18.8 Å². The van der Waals surface area contributed by atoms with Crippen molar-refractivity contribution in [1.29, 1.82) is 0 Å². The Hall–Kier alpha value is -1.67. The van der Waals surface area contributed by atoms with Gasteiger partial charge in [-0.05, 0) is 56.8 Å². The van der Waals surface area contributed by atoms with Crippen LogP contribution in [0.15, 0.2) is 0 Å². The third-order valence-electron chi connectivity index (χ3n) is 6.03. The summed E-state index contributed by atoms with van der Waals surface area (Å²) in [5.41, 5.74) is 1.01. The van der Waals surface area contributed by atoms with E-state index in [2.05, 4.69) is 24.5 Å². The molecule has 1 amide bonds. The predicted octanol–water partition coefficient (Wildman–Crippen LogP) is 4.44. The first kappa shape index (κ1) is 23.6. The van der Waals surface area contributed by atoms with Crippen molar-refractivity contribution in [2.75, 3.05) is 25.5 Å². The molecule has 0 spiro atoms. The third-order valence-corrected chi connectivity index (χ3v) is 7.45. The van der Waals surface area contributed by atoms with Gasteiger partial charge in [-0.1, -0.05) is 26.7 Å². The van der Waals surface area contributed by atoms with E-state index in [-0.39, 0.29) is 5.91 Å². The molecule has 1 aliphatic rings. The Labute approximate surface area is 183 Å². The summed E-state index contributed by atoms with van der Waals surface area (Å²) >= 11 is 6.80. The average Bonchev–Trinajstić information content (AvgIpc) is 3.01. The van der Waals surface area contributed by atoms with Gasteiger partial charge in [0.15, 0.2) is 5.11 Å². The van der Waals surface area contributed by atoms with Gasteiger partial charge in [-0.25, -0.2) is 4.79 Å². The Kier molecular flexibility index (Phi) is 8.46. The van der Waals surface area contributed by atoms with Crippen LogP contribution in [0.2, 0.25) is 0 Å². The zero-order valence-electron chi connectivity index (χ0n) is 18.3. The van der Waals surface area contributed by atoms with Gasteiger partial charge >= 0.3 is 5.97 Å². The Morgan fingerprint density at radius 1 is 1.24 bits per heavy atom. The van der Waals surface area contributed by atoms with Crippen molar-refractivity contribution in [3.8, 4) is 0 Å². The molecule has 0 radical (unpaired) electrons. The van der Waals surface area contributed by atoms with Gasteiger partial charge in [0.05, 0.1) is 17.6 Å². The van der Waals surface area contributed by atoms with Crippen LogP contribution in [-0.4, -0.2) is 48.1 Å². The molecule has 1 heterocycles. The molecule has 1 aliphatic carbocycles. The number of ether oxygens (including phenoxy) is 1. The van der Waals surface area contributed by atoms with Gasteiger partial charge in [0.2, 0.25) is 0 Å². The third kappa shape index (κ3) is 5.28. The van der Waals surface area contributed by atoms with E-state index in [0.29, 0.717) is 57.1 Å². The summed E-state index contributed by atoms with van der Waals surface area (Å²) in [5.74, 6) is 0.622. The summed E-state index contributed by atoms with van der Waals surface area (Å²) in [6, 6.07) is 0.304. The highest BCUT2D eigenvalue weighted by atomic mass is 32.1. The lowest BCUT2D eigenvalue weighted by Crippen LogP contribution is -2.45. The number of rotatable bonds is 6. The Morgan fingerprint density at radius 2 is 1.90 bits per heavy atom. The second-order valence-electron chi connectivity index (χ2n) is 7.70. The Morgan fingerprint density at radius 3 is 2.48 bits per heavy atom. The van der Waals surface area contributed by atoms with Gasteiger partial charge in [-0.15, -0.1) is 11.3 Å². The number of carbonyl (C=O) groups is 2. The zero-order valence-corrected chi connectivity index (χ0v) is 19.9. The molecule has 0 unspecified atom stereocenters. The molecule has 29 heavy (non-hydrogen) atoms. The summed E-state index contributed by atoms with van der Waals surface area (Å²) in [4.78, 5) is 27.6. The van der Waals surface area contributed by atoms with E-state index in [9.17, 15) is 9.59 Å². The molecule has 8 heteroatoms. The number of methoxy groups -OCH3 is 1. The van der Waals surface area contributed by atoms with Crippen molar-refractivity contribution >= 4 is 45.5 Å². The molecule has 2 rings (SSSR count). The number of amides is 1. The van der Waals surface area contributed by atoms with Crippen molar-refractivity contribution in [2.24, 2.45) is 11.8 Å². The summed E-state index contributed by atoms with van der Waals surface area (Å²) < 4.78 is 4.97. The lowest BCUT2D eigenvalue weighted by atomic mass is 9.78. The second kappa shape index (κ2) is 10.4. The summed E-state index contributed by atoms with van der Waals surface area (Å²) in [6.07, 6.45) is 3.50. The number of esters is 1.